The first-order valence-electron chi connectivity index (χ1n) is 10.5. The Morgan fingerprint density at radius 1 is 1.39 bits per heavy atom. The van der Waals surface area contributed by atoms with Gasteiger partial charge in [-0.15, -0.1) is 0 Å². The van der Waals surface area contributed by atoms with Crippen molar-refractivity contribution in [2.75, 3.05) is 20.2 Å². The Morgan fingerprint density at radius 3 is 2.93 bits per heavy atom. The first-order chi connectivity index (χ1) is 13.4. The SMILES string of the molecule is CCN1CC[C@]23c4c5ccc(O)c4O[C@H]2C2(OC)C=CC3(C[C@@H]2C(C)=O)C1C5. The lowest BCUT2D eigenvalue weighted by molar-refractivity contribution is -0.213. The van der Waals surface area contributed by atoms with Crippen LogP contribution in [-0.2, 0) is 21.4 Å². The molecule has 6 atom stereocenters. The molecule has 1 N–H and O–H groups in total. The molecule has 1 saturated heterocycles. The molecule has 0 radical (unpaired) electrons. The van der Waals surface area contributed by atoms with Gasteiger partial charge >= 0.3 is 0 Å². The highest BCUT2D eigenvalue weighted by Crippen LogP contribution is 2.74. The van der Waals surface area contributed by atoms with Gasteiger partial charge in [-0.3, -0.25) is 9.69 Å². The molecule has 4 bridgehead atoms. The number of likely N-dealkylation sites (tertiary alicyclic amines) is 1. The molecule has 2 aliphatic heterocycles. The van der Waals surface area contributed by atoms with Crippen LogP contribution in [0.25, 0.3) is 0 Å². The summed E-state index contributed by atoms with van der Waals surface area (Å²) in [5, 5.41) is 10.7. The molecule has 7 rings (SSSR count). The maximum Gasteiger partial charge on any atom is 0.165 e. The highest BCUT2D eigenvalue weighted by atomic mass is 16.6. The largest absolute Gasteiger partial charge is 0.504 e. The lowest BCUT2D eigenvalue weighted by Gasteiger charge is -2.71. The van der Waals surface area contributed by atoms with Crippen molar-refractivity contribution in [2.45, 2.75) is 56.3 Å². The highest BCUT2D eigenvalue weighted by molar-refractivity contribution is 5.82. The van der Waals surface area contributed by atoms with Crippen molar-refractivity contribution in [1.29, 1.82) is 0 Å². The number of hydrogen-bond acceptors (Lipinski definition) is 5. The van der Waals surface area contributed by atoms with E-state index in [9.17, 15) is 9.90 Å². The number of methoxy groups -OCH3 is 1. The van der Waals surface area contributed by atoms with E-state index in [-0.39, 0.29) is 34.4 Å². The fraction of sp³-hybridized carbons (Fsp3) is 0.609. The third-order valence-electron chi connectivity index (χ3n) is 8.81. The molecule has 1 aromatic rings. The number of Topliss-reactive ketones (excluding diaryl/α,β-unsaturated/α-hetero) is 1. The number of phenols is 1. The summed E-state index contributed by atoms with van der Waals surface area (Å²) in [7, 11) is 1.70. The van der Waals surface area contributed by atoms with Crippen LogP contribution in [-0.4, -0.2) is 53.7 Å². The molecule has 1 aromatic carbocycles. The molecule has 2 heterocycles. The smallest absolute Gasteiger partial charge is 0.165 e. The van der Waals surface area contributed by atoms with Crippen LogP contribution in [0.4, 0.5) is 0 Å². The third kappa shape index (κ3) is 1.49. The van der Waals surface area contributed by atoms with Crippen molar-refractivity contribution in [3.05, 3.63) is 35.4 Å². The number of ketones is 1. The number of nitrogens with zero attached hydrogens (tertiary/aromatic N) is 1. The fourth-order valence-electron chi connectivity index (χ4n) is 7.77. The van der Waals surface area contributed by atoms with Gasteiger partial charge in [-0.05, 0) is 50.9 Å². The average molecular weight is 381 g/mol. The second kappa shape index (κ2) is 5.00. The second-order valence-corrected chi connectivity index (χ2v) is 9.31. The lowest BCUT2D eigenvalue weighted by Crippen LogP contribution is -2.79. The monoisotopic (exact) mass is 381 g/mol. The van der Waals surface area contributed by atoms with Crippen LogP contribution in [0, 0.1) is 11.3 Å². The van der Waals surface area contributed by atoms with E-state index in [0.717, 1.165) is 32.4 Å². The van der Waals surface area contributed by atoms with Gasteiger partial charge in [-0.25, -0.2) is 0 Å². The van der Waals surface area contributed by atoms with E-state index in [1.54, 1.807) is 20.1 Å². The molecule has 4 aliphatic carbocycles. The maximum absolute atomic E-state index is 12.8. The van der Waals surface area contributed by atoms with Gasteiger partial charge in [0.25, 0.3) is 0 Å². The first kappa shape index (κ1) is 17.0. The van der Waals surface area contributed by atoms with Crippen molar-refractivity contribution in [2.24, 2.45) is 11.3 Å². The summed E-state index contributed by atoms with van der Waals surface area (Å²) >= 11 is 0. The van der Waals surface area contributed by atoms with Crippen molar-refractivity contribution >= 4 is 5.78 Å². The number of carbonyl (C=O) groups is 1. The van der Waals surface area contributed by atoms with E-state index < -0.39 is 5.60 Å². The first-order valence-corrected chi connectivity index (χ1v) is 10.5. The number of hydrogen-bond donors (Lipinski definition) is 1. The minimum atomic E-state index is -0.771. The van der Waals surface area contributed by atoms with Gasteiger partial charge in [-0.1, -0.05) is 25.1 Å². The Hall–Kier alpha value is -1.85. The molecule has 1 saturated carbocycles. The van der Waals surface area contributed by atoms with E-state index in [1.165, 1.54) is 11.1 Å². The number of benzene rings is 1. The number of aromatic hydroxyl groups is 1. The van der Waals surface area contributed by atoms with E-state index >= 15 is 0 Å². The summed E-state index contributed by atoms with van der Waals surface area (Å²) in [6.07, 6.45) is 6.91. The predicted octanol–water partition coefficient (Wildman–Crippen LogP) is 2.59. The van der Waals surface area contributed by atoms with E-state index in [2.05, 4.69) is 30.0 Å². The Bertz CT molecular complexity index is 941. The van der Waals surface area contributed by atoms with Crippen molar-refractivity contribution < 1.29 is 19.4 Å². The Balaban J connectivity index is 1.71. The number of carbonyl (C=O) groups excluding carboxylic acids is 1. The molecule has 3 unspecified atom stereocenters. The Morgan fingerprint density at radius 2 is 2.21 bits per heavy atom. The fourth-order valence-corrected chi connectivity index (χ4v) is 7.77. The average Bonchev–Trinajstić information content (AvgIpc) is 3.06. The number of fused-ring (bicyclic) bond motifs is 1. The van der Waals surface area contributed by atoms with Crippen LogP contribution in [0.5, 0.6) is 11.5 Å². The van der Waals surface area contributed by atoms with E-state index in [1.807, 2.05) is 0 Å². The van der Waals surface area contributed by atoms with Gasteiger partial charge in [0, 0.05) is 24.1 Å². The summed E-state index contributed by atoms with van der Waals surface area (Å²) in [6.45, 7) is 5.93. The lowest BCUT2D eigenvalue weighted by atomic mass is 9.37. The predicted molar refractivity (Wildman–Crippen MR) is 104 cm³/mol. The van der Waals surface area contributed by atoms with Crippen LogP contribution >= 0.6 is 0 Å². The molecule has 5 nitrogen and oxygen atoms in total. The van der Waals surface area contributed by atoms with Crippen LogP contribution in [0.3, 0.4) is 0 Å². The quantitative estimate of drug-likeness (QED) is 0.816. The number of likely N-dealkylation sites (N-methyl/N-ethyl adjacent to an activating group) is 1. The zero-order chi connectivity index (χ0) is 19.5. The molecule has 2 fully saturated rings. The van der Waals surface area contributed by atoms with E-state index in [0.29, 0.717) is 11.8 Å². The van der Waals surface area contributed by atoms with Crippen LogP contribution in [0.15, 0.2) is 24.3 Å². The highest BCUT2D eigenvalue weighted by Gasteiger charge is 2.79. The molecule has 6 aliphatic rings. The molecule has 2 spiro atoms. The Kier molecular flexibility index (Phi) is 3.05. The molecule has 0 amide bonds. The molecule has 0 aromatic heterocycles. The van der Waals surface area contributed by atoms with Crippen LogP contribution in [0.2, 0.25) is 0 Å². The summed E-state index contributed by atoms with van der Waals surface area (Å²) in [5.41, 5.74) is 1.32. The second-order valence-electron chi connectivity index (χ2n) is 9.31. The van der Waals surface area contributed by atoms with Crippen LogP contribution in [0.1, 0.15) is 37.8 Å². The Labute approximate surface area is 165 Å². The van der Waals surface area contributed by atoms with Gasteiger partial charge < -0.3 is 14.6 Å². The van der Waals surface area contributed by atoms with E-state index in [4.69, 9.17) is 9.47 Å². The zero-order valence-corrected chi connectivity index (χ0v) is 16.7. The number of phenolic OH excluding ortho intramolecular Hbond substituents is 1. The van der Waals surface area contributed by atoms with Gasteiger partial charge in [0.05, 0.1) is 11.3 Å². The minimum absolute atomic E-state index is 0.158. The third-order valence-corrected chi connectivity index (χ3v) is 8.81. The number of piperidine rings is 1. The topological polar surface area (TPSA) is 59.0 Å². The summed E-state index contributed by atoms with van der Waals surface area (Å²) in [6, 6.07) is 4.19. The van der Waals surface area contributed by atoms with Crippen molar-refractivity contribution in [3.8, 4) is 11.5 Å². The maximum atomic E-state index is 12.8. The van der Waals surface area contributed by atoms with Gasteiger partial charge in [0.15, 0.2) is 11.5 Å². The standard InChI is InChI=1S/C23H27NO4/c1-4-24-10-9-22-18-14-5-6-16(26)19(18)28-20(22)23(27-3)8-7-21(22,17(24)11-14)12-15(23)13(2)25/h5-8,15,17,20,26H,4,9-12H2,1-3H3/t15-,17?,20-,21?,22+,23?/m1/s1. The van der Waals surface area contributed by atoms with Crippen molar-refractivity contribution in [3.63, 3.8) is 0 Å². The number of ether oxygens (including phenoxy) is 2. The normalized spacial score (nSPS) is 44.3. The van der Waals surface area contributed by atoms with Gasteiger partial charge in [0.1, 0.15) is 17.5 Å². The molecular formula is C23H27NO4. The number of rotatable bonds is 3. The summed E-state index contributed by atoms with van der Waals surface area (Å²) < 4.78 is 12.7. The zero-order valence-electron chi connectivity index (χ0n) is 16.7. The molecule has 148 valence electrons. The molecule has 28 heavy (non-hydrogen) atoms. The van der Waals surface area contributed by atoms with Gasteiger partial charge in [0.2, 0.25) is 0 Å². The summed E-state index contributed by atoms with van der Waals surface area (Å²) in [5.74, 6) is 0.776. The van der Waals surface area contributed by atoms with Crippen LogP contribution < -0.4 is 4.74 Å². The van der Waals surface area contributed by atoms with Crippen molar-refractivity contribution in [1.82, 2.24) is 4.90 Å². The molecule has 5 heteroatoms. The van der Waals surface area contributed by atoms with Gasteiger partial charge in [-0.2, -0.15) is 0 Å². The summed E-state index contributed by atoms with van der Waals surface area (Å²) in [4.78, 5) is 15.4. The minimum Gasteiger partial charge on any atom is -0.504 e. The molecular weight excluding hydrogens is 354 g/mol.